The number of allylic oxidation sites excluding steroid dienone is 12. The van der Waals surface area contributed by atoms with Crippen molar-refractivity contribution in [3.8, 4) is 0 Å². The zero-order valence-electron chi connectivity index (χ0n) is 45.6. The van der Waals surface area contributed by atoms with Crippen molar-refractivity contribution in [2.75, 3.05) is 13.2 Å². The maximum absolute atomic E-state index is 12.9. The average Bonchev–Trinajstić information content (AvgIpc) is 3.35. The van der Waals surface area contributed by atoms with E-state index in [4.69, 9.17) is 14.2 Å². The molecule has 0 aliphatic carbocycles. The number of carbonyl (C=O) groups is 3. The molecule has 1 unspecified atom stereocenters. The lowest BCUT2D eigenvalue weighted by Gasteiger charge is -2.18. The summed E-state index contributed by atoms with van der Waals surface area (Å²) >= 11 is 0. The molecule has 0 saturated heterocycles. The molecule has 0 amide bonds. The van der Waals surface area contributed by atoms with Crippen molar-refractivity contribution in [1.29, 1.82) is 0 Å². The Morgan fingerprint density at radius 2 is 0.522 bits per heavy atom. The Hall–Kier alpha value is -3.15. The molecule has 0 fully saturated rings. The zero-order valence-corrected chi connectivity index (χ0v) is 45.6. The normalized spacial score (nSPS) is 12.6. The first kappa shape index (κ1) is 65.8. The first-order valence-corrected chi connectivity index (χ1v) is 29.4. The molecule has 0 rings (SSSR count). The molecule has 0 aromatic rings. The van der Waals surface area contributed by atoms with Crippen LogP contribution in [0.4, 0.5) is 0 Å². The third-order valence-corrected chi connectivity index (χ3v) is 12.7. The molecule has 0 aliphatic heterocycles. The summed E-state index contributed by atoms with van der Waals surface area (Å²) in [5.74, 6) is -0.902. The summed E-state index contributed by atoms with van der Waals surface area (Å²) in [6.45, 7) is 6.56. The highest BCUT2D eigenvalue weighted by molar-refractivity contribution is 5.71. The molecule has 6 heteroatoms. The Morgan fingerprint density at radius 1 is 0.290 bits per heavy atom. The van der Waals surface area contributed by atoms with Gasteiger partial charge in [-0.15, -0.1) is 0 Å². The van der Waals surface area contributed by atoms with Crippen molar-refractivity contribution < 1.29 is 28.6 Å². The molecule has 0 aliphatic rings. The quantitative estimate of drug-likeness (QED) is 0.0262. The Kier molecular flexibility index (Phi) is 54.8. The topological polar surface area (TPSA) is 78.9 Å². The van der Waals surface area contributed by atoms with Crippen LogP contribution in [0.5, 0.6) is 0 Å². The van der Waals surface area contributed by atoms with E-state index in [2.05, 4.69) is 93.7 Å². The van der Waals surface area contributed by atoms with Crippen molar-refractivity contribution in [2.45, 2.75) is 297 Å². The van der Waals surface area contributed by atoms with Crippen LogP contribution < -0.4 is 0 Å². The van der Waals surface area contributed by atoms with E-state index >= 15 is 0 Å². The summed E-state index contributed by atoms with van der Waals surface area (Å²) in [6.07, 6.45) is 73.1. The van der Waals surface area contributed by atoms with Gasteiger partial charge in [-0.25, -0.2) is 0 Å². The molecule has 0 saturated carbocycles. The van der Waals surface area contributed by atoms with Crippen LogP contribution in [-0.2, 0) is 28.6 Å². The minimum atomic E-state index is -0.788. The molecule has 0 radical (unpaired) electrons. The molecule has 398 valence electrons. The van der Waals surface area contributed by atoms with Gasteiger partial charge in [-0.2, -0.15) is 0 Å². The molecular formula is C63H110O6. The van der Waals surface area contributed by atoms with Gasteiger partial charge in [0.2, 0.25) is 0 Å². The van der Waals surface area contributed by atoms with Crippen LogP contribution in [-0.4, -0.2) is 37.2 Å². The maximum atomic E-state index is 12.9. The van der Waals surface area contributed by atoms with Crippen LogP contribution in [0.3, 0.4) is 0 Å². The predicted octanol–water partition coefficient (Wildman–Crippen LogP) is 19.8. The Balaban J connectivity index is 4.40. The van der Waals surface area contributed by atoms with E-state index in [-0.39, 0.29) is 31.1 Å². The van der Waals surface area contributed by atoms with Gasteiger partial charge in [0.25, 0.3) is 0 Å². The third-order valence-electron chi connectivity index (χ3n) is 12.7. The van der Waals surface area contributed by atoms with Gasteiger partial charge in [0.1, 0.15) is 13.2 Å². The zero-order chi connectivity index (χ0) is 50.0. The summed E-state index contributed by atoms with van der Waals surface area (Å²) in [4.78, 5) is 38.2. The Labute approximate surface area is 427 Å². The van der Waals surface area contributed by atoms with Crippen LogP contribution in [0, 0.1) is 0 Å². The fraction of sp³-hybridized carbons (Fsp3) is 0.762. The minimum Gasteiger partial charge on any atom is -0.462 e. The van der Waals surface area contributed by atoms with Gasteiger partial charge in [0.15, 0.2) is 6.10 Å². The molecule has 6 nitrogen and oxygen atoms in total. The minimum absolute atomic E-state index is 0.0849. The highest BCUT2D eigenvalue weighted by Crippen LogP contribution is 2.15. The first-order valence-electron chi connectivity index (χ1n) is 29.4. The number of ether oxygens (including phenoxy) is 3. The number of rotatable bonds is 53. The molecule has 1 atom stereocenters. The van der Waals surface area contributed by atoms with Gasteiger partial charge >= 0.3 is 17.9 Å². The molecule has 0 N–H and O–H groups in total. The SMILES string of the molecule is CCCCC/C=C\C/C=C\CCCCCCCCCCCC(=O)OCC(COC(=O)CCCCCCC/C=C\C/C=C\CCCCC)OC(=O)CCCCCCCCC/C=C\C/C=C\CCCCC. The van der Waals surface area contributed by atoms with E-state index < -0.39 is 6.10 Å². The number of esters is 3. The number of carbonyl (C=O) groups excluding carboxylic acids is 3. The predicted molar refractivity (Wildman–Crippen MR) is 298 cm³/mol. The number of hydrogen-bond donors (Lipinski definition) is 0. The molecule has 69 heavy (non-hydrogen) atoms. The highest BCUT2D eigenvalue weighted by atomic mass is 16.6. The van der Waals surface area contributed by atoms with E-state index in [1.807, 2.05) is 0 Å². The van der Waals surface area contributed by atoms with Gasteiger partial charge in [-0.3, -0.25) is 14.4 Å². The first-order chi connectivity index (χ1) is 34.0. The Bertz CT molecular complexity index is 1290. The second kappa shape index (κ2) is 57.4. The second-order valence-corrected chi connectivity index (χ2v) is 19.5. The summed E-state index contributed by atoms with van der Waals surface area (Å²) < 4.78 is 16.9. The molecular weight excluding hydrogens is 853 g/mol. The molecule has 0 aromatic heterocycles. The van der Waals surface area contributed by atoms with Gasteiger partial charge < -0.3 is 14.2 Å². The van der Waals surface area contributed by atoms with Crippen LogP contribution in [0.1, 0.15) is 290 Å². The van der Waals surface area contributed by atoms with E-state index in [0.29, 0.717) is 19.3 Å². The monoisotopic (exact) mass is 963 g/mol. The van der Waals surface area contributed by atoms with E-state index in [1.54, 1.807) is 0 Å². The van der Waals surface area contributed by atoms with Crippen molar-refractivity contribution in [2.24, 2.45) is 0 Å². The third kappa shape index (κ3) is 55.6. The molecule has 0 heterocycles. The fourth-order valence-electron chi connectivity index (χ4n) is 8.18. The van der Waals surface area contributed by atoms with Gasteiger partial charge in [-0.1, -0.05) is 229 Å². The van der Waals surface area contributed by atoms with Gasteiger partial charge in [0, 0.05) is 19.3 Å². The summed E-state index contributed by atoms with van der Waals surface area (Å²) in [7, 11) is 0. The van der Waals surface area contributed by atoms with Crippen molar-refractivity contribution in [1.82, 2.24) is 0 Å². The largest absolute Gasteiger partial charge is 0.462 e. The van der Waals surface area contributed by atoms with Crippen molar-refractivity contribution in [3.05, 3.63) is 72.9 Å². The second-order valence-electron chi connectivity index (χ2n) is 19.5. The number of unbranched alkanes of at least 4 members (excludes halogenated alkanes) is 30. The van der Waals surface area contributed by atoms with Crippen molar-refractivity contribution in [3.63, 3.8) is 0 Å². The standard InChI is InChI=1S/C63H110O6/c1-4-7-10-13-16-19-22-25-28-30-31-33-35-38-41-44-47-50-53-56-62(65)68-59-60(58-67-61(64)55-52-49-46-43-40-37-34-27-24-21-18-15-12-9-6-3)69-63(66)57-54-51-48-45-42-39-36-32-29-26-23-20-17-14-11-8-5-2/h16-21,25-29,34,60H,4-15,22-24,30-33,35-59H2,1-3H3/b19-16-,20-17-,21-18-,28-25-,29-26-,34-27-. The average molecular weight is 964 g/mol. The molecule has 0 bridgehead atoms. The van der Waals surface area contributed by atoms with E-state index in [9.17, 15) is 14.4 Å². The smallest absolute Gasteiger partial charge is 0.306 e. The van der Waals surface area contributed by atoms with Crippen LogP contribution in [0.2, 0.25) is 0 Å². The van der Waals surface area contributed by atoms with Gasteiger partial charge in [-0.05, 0) is 116 Å². The summed E-state index contributed by atoms with van der Waals surface area (Å²) in [6, 6.07) is 0. The lowest BCUT2D eigenvalue weighted by atomic mass is 10.1. The Morgan fingerprint density at radius 3 is 0.797 bits per heavy atom. The lowest BCUT2D eigenvalue weighted by molar-refractivity contribution is -0.167. The van der Waals surface area contributed by atoms with Crippen LogP contribution in [0.25, 0.3) is 0 Å². The summed E-state index contributed by atoms with van der Waals surface area (Å²) in [5, 5.41) is 0. The summed E-state index contributed by atoms with van der Waals surface area (Å²) in [5.41, 5.74) is 0. The van der Waals surface area contributed by atoms with E-state index in [1.165, 1.54) is 154 Å². The van der Waals surface area contributed by atoms with Crippen molar-refractivity contribution >= 4 is 17.9 Å². The lowest BCUT2D eigenvalue weighted by Crippen LogP contribution is -2.30. The van der Waals surface area contributed by atoms with Crippen LogP contribution in [0.15, 0.2) is 72.9 Å². The fourth-order valence-corrected chi connectivity index (χ4v) is 8.18. The maximum Gasteiger partial charge on any atom is 0.306 e. The number of hydrogen-bond acceptors (Lipinski definition) is 6. The van der Waals surface area contributed by atoms with Crippen LogP contribution >= 0.6 is 0 Å². The molecule has 0 aromatic carbocycles. The molecule has 0 spiro atoms. The highest BCUT2D eigenvalue weighted by Gasteiger charge is 2.19. The van der Waals surface area contributed by atoms with Gasteiger partial charge in [0.05, 0.1) is 0 Å². The van der Waals surface area contributed by atoms with E-state index in [0.717, 1.165) is 96.3 Å².